The minimum atomic E-state index is -0.207. The van der Waals surface area contributed by atoms with Crippen molar-refractivity contribution in [1.29, 1.82) is 0 Å². The first-order chi connectivity index (χ1) is 12.3. The number of ether oxygens (including phenoxy) is 1. The number of aromatic nitrogens is 4. The van der Waals surface area contributed by atoms with Crippen molar-refractivity contribution in [1.82, 2.24) is 20.1 Å². The molecule has 0 radical (unpaired) electrons. The van der Waals surface area contributed by atoms with E-state index in [1.807, 2.05) is 24.3 Å². The number of para-hydroxylation sites is 1. The molecule has 1 saturated heterocycles. The Balaban J connectivity index is 1.68. The van der Waals surface area contributed by atoms with Crippen LogP contribution in [-0.2, 0) is 4.74 Å². The summed E-state index contributed by atoms with van der Waals surface area (Å²) in [6.45, 7) is 3.49. The topological polar surface area (TPSA) is 90.3 Å². The molecule has 0 saturated carbocycles. The Morgan fingerprint density at radius 3 is 3.00 bits per heavy atom. The molecule has 4 aromatic rings. The van der Waals surface area contributed by atoms with Crippen LogP contribution in [0, 0.1) is 6.92 Å². The van der Waals surface area contributed by atoms with Crippen LogP contribution in [0.1, 0.15) is 17.8 Å². The molecule has 0 amide bonds. The van der Waals surface area contributed by atoms with Crippen molar-refractivity contribution in [2.24, 2.45) is 0 Å². The smallest absolute Gasteiger partial charge is 0.251 e. The number of hydrogen-bond acceptors (Lipinski definition) is 8. The molecule has 0 aliphatic carbocycles. The van der Waals surface area contributed by atoms with Crippen molar-refractivity contribution in [2.45, 2.75) is 13.0 Å². The van der Waals surface area contributed by atoms with E-state index in [9.17, 15) is 0 Å². The number of nitrogens with zero attached hydrogens (tertiary/aromatic N) is 5. The van der Waals surface area contributed by atoms with Crippen LogP contribution >= 0.6 is 0 Å². The fourth-order valence-corrected chi connectivity index (χ4v) is 3.23. The molecule has 1 aliphatic rings. The fraction of sp³-hybridized carbons (Fsp3) is 0.294. The molecule has 8 heteroatoms. The molecule has 8 nitrogen and oxygen atoms in total. The molecule has 1 fully saturated rings. The molecular weight excluding hydrogens is 322 g/mol. The Bertz CT molecular complexity index is 1060. The molecule has 4 heterocycles. The number of morpholine rings is 1. The summed E-state index contributed by atoms with van der Waals surface area (Å²) in [5.41, 5.74) is 2.25. The Hall–Kier alpha value is -3.00. The Morgan fingerprint density at radius 2 is 2.12 bits per heavy atom. The van der Waals surface area contributed by atoms with Crippen LogP contribution in [0.15, 0.2) is 39.5 Å². The highest BCUT2D eigenvalue weighted by Crippen LogP contribution is 2.36. The molecule has 1 atom stereocenters. The molecule has 0 N–H and O–H groups in total. The van der Waals surface area contributed by atoms with Crippen molar-refractivity contribution in [3.8, 4) is 0 Å². The lowest BCUT2D eigenvalue weighted by Crippen LogP contribution is -2.40. The standard InChI is InChI=1S/C17H15N5O3/c1-10-20-17(25-21-10)12-8-23-7-6-22(12)16-15-14(18-9-19-16)11-4-2-3-5-13(11)24-15/h2-5,9,12H,6-8H2,1H3. The van der Waals surface area contributed by atoms with Crippen LogP contribution < -0.4 is 4.90 Å². The average Bonchev–Trinajstić information content (AvgIpc) is 3.25. The van der Waals surface area contributed by atoms with Crippen LogP contribution in [0.5, 0.6) is 0 Å². The molecule has 126 valence electrons. The van der Waals surface area contributed by atoms with E-state index >= 15 is 0 Å². The third-order valence-electron chi connectivity index (χ3n) is 4.37. The summed E-state index contributed by atoms with van der Waals surface area (Å²) in [5, 5.41) is 4.86. The monoisotopic (exact) mass is 337 g/mol. The van der Waals surface area contributed by atoms with Crippen LogP contribution in [0.2, 0.25) is 0 Å². The van der Waals surface area contributed by atoms with Gasteiger partial charge >= 0.3 is 0 Å². The van der Waals surface area contributed by atoms with Crippen LogP contribution in [0.25, 0.3) is 22.1 Å². The maximum atomic E-state index is 6.05. The second-order valence-corrected chi connectivity index (χ2v) is 5.94. The van der Waals surface area contributed by atoms with E-state index in [1.165, 1.54) is 0 Å². The normalized spacial score (nSPS) is 18.3. The number of furan rings is 1. The van der Waals surface area contributed by atoms with E-state index in [-0.39, 0.29) is 6.04 Å². The number of rotatable bonds is 2. The third kappa shape index (κ3) is 2.25. The molecule has 25 heavy (non-hydrogen) atoms. The van der Waals surface area contributed by atoms with Gasteiger partial charge in [-0.3, -0.25) is 0 Å². The SMILES string of the molecule is Cc1noc(C2COCCN2c2ncnc3c2oc2ccccc23)n1. The molecule has 1 unspecified atom stereocenters. The first kappa shape index (κ1) is 14.4. The maximum absolute atomic E-state index is 6.05. The van der Waals surface area contributed by atoms with Gasteiger partial charge < -0.3 is 18.6 Å². The second kappa shape index (κ2) is 5.52. The van der Waals surface area contributed by atoms with E-state index < -0.39 is 0 Å². The first-order valence-electron chi connectivity index (χ1n) is 8.08. The van der Waals surface area contributed by atoms with E-state index in [1.54, 1.807) is 13.3 Å². The van der Waals surface area contributed by atoms with Gasteiger partial charge in [0.05, 0.1) is 13.2 Å². The average molecular weight is 337 g/mol. The van der Waals surface area contributed by atoms with Gasteiger partial charge in [0.1, 0.15) is 23.5 Å². The quantitative estimate of drug-likeness (QED) is 0.551. The fourth-order valence-electron chi connectivity index (χ4n) is 3.23. The summed E-state index contributed by atoms with van der Waals surface area (Å²) >= 11 is 0. The lowest BCUT2D eigenvalue weighted by Gasteiger charge is -2.33. The number of benzene rings is 1. The molecule has 3 aromatic heterocycles. The summed E-state index contributed by atoms with van der Waals surface area (Å²) in [6, 6.07) is 7.63. The predicted octanol–water partition coefficient (Wildman–Crippen LogP) is 2.65. The lowest BCUT2D eigenvalue weighted by molar-refractivity contribution is 0.0834. The van der Waals surface area contributed by atoms with Gasteiger partial charge in [-0.15, -0.1) is 0 Å². The largest absolute Gasteiger partial charge is 0.450 e. The van der Waals surface area contributed by atoms with Gasteiger partial charge in [-0.1, -0.05) is 17.3 Å². The molecule has 1 aromatic carbocycles. The van der Waals surface area contributed by atoms with Crippen molar-refractivity contribution in [3.63, 3.8) is 0 Å². The van der Waals surface area contributed by atoms with Crippen molar-refractivity contribution < 1.29 is 13.7 Å². The van der Waals surface area contributed by atoms with Crippen LogP contribution in [0.3, 0.4) is 0 Å². The van der Waals surface area contributed by atoms with Crippen LogP contribution in [-0.4, -0.2) is 39.9 Å². The zero-order chi connectivity index (χ0) is 16.8. The summed E-state index contributed by atoms with van der Waals surface area (Å²) in [6.07, 6.45) is 1.56. The molecular formula is C17H15N5O3. The summed E-state index contributed by atoms with van der Waals surface area (Å²) in [5.74, 6) is 1.82. The first-order valence-corrected chi connectivity index (χ1v) is 8.08. The Morgan fingerprint density at radius 1 is 1.20 bits per heavy atom. The predicted molar refractivity (Wildman–Crippen MR) is 89.3 cm³/mol. The molecule has 5 rings (SSSR count). The molecule has 0 spiro atoms. The van der Waals surface area contributed by atoms with Gasteiger partial charge in [-0.05, 0) is 19.1 Å². The highest BCUT2D eigenvalue weighted by Gasteiger charge is 2.32. The number of anilines is 1. The van der Waals surface area contributed by atoms with E-state index in [0.717, 1.165) is 16.5 Å². The summed E-state index contributed by atoms with van der Waals surface area (Å²) in [4.78, 5) is 15.3. The zero-order valence-electron chi connectivity index (χ0n) is 13.5. The zero-order valence-corrected chi connectivity index (χ0v) is 13.5. The molecule has 0 bridgehead atoms. The van der Waals surface area contributed by atoms with Gasteiger partial charge in [-0.25, -0.2) is 9.97 Å². The van der Waals surface area contributed by atoms with E-state index in [2.05, 4.69) is 25.0 Å². The van der Waals surface area contributed by atoms with Gasteiger partial charge in [-0.2, -0.15) is 4.98 Å². The number of aryl methyl sites for hydroxylation is 1. The lowest BCUT2D eigenvalue weighted by atomic mass is 10.2. The minimum absolute atomic E-state index is 0.207. The van der Waals surface area contributed by atoms with Crippen LogP contribution in [0.4, 0.5) is 5.82 Å². The van der Waals surface area contributed by atoms with Gasteiger partial charge in [0.15, 0.2) is 17.2 Å². The highest BCUT2D eigenvalue weighted by molar-refractivity contribution is 6.05. The third-order valence-corrected chi connectivity index (χ3v) is 4.37. The summed E-state index contributed by atoms with van der Waals surface area (Å²) in [7, 11) is 0. The van der Waals surface area contributed by atoms with Gasteiger partial charge in [0.2, 0.25) is 0 Å². The van der Waals surface area contributed by atoms with Crippen molar-refractivity contribution in [2.75, 3.05) is 24.7 Å². The Labute approximate surface area is 142 Å². The minimum Gasteiger partial charge on any atom is -0.450 e. The van der Waals surface area contributed by atoms with E-state index in [4.69, 9.17) is 13.7 Å². The van der Waals surface area contributed by atoms with Crippen molar-refractivity contribution in [3.05, 3.63) is 42.3 Å². The second-order valence-electron chi connectivity index (χ2n) is 5.94. The maximum Gasteiger partial charge on any atom is 0.251 e. The van der Waals surface area contributed by atoms with Gasteiger partial charge in [0, 0.05) is 11.9 Å². The number of fused-ring (bicyclic) bond motifs is 3. The van der Waals surface area contributed by atoms with E-state index in [0.29, 0.717) is 42.9 Å². The Kier molecular flexibility index (Phi) is 3.17. The highest BCUT2D eigenvalue weighted by atomic mass is 16.5. The van der Waals surface area contributed by atoms with Gasteiger partial charge in [0.25, 0.3) is 5.89 Å². The van der Waals surface area contributed by atoms with Crippen molar-refractivity contribution >= 4 is 27.9 Å². The number of hydrogen-bond donors (Lipinski definition) is 0. The summed E-state index contributed by atoms with van der Waals surface area (Å²) < 4.78 is 17.0. The molecule has 1 aliphatic heterocycles.